The third-order valence-corrected chi connectivity index (χ3v) is 5.61. The second-order valence-corrected chi connectivity index (χ2v) is 7.44. The number of rotatable bonds is 8. The molecule has 20 heavy (non-hydrogen) atoms. The number of aromatic nitrogens is 2. The van der Waals surface area contributed by atoms with Gasteiger partial charge in [-0.1, -0.05) is 30.0 Å². The minimum absolute atomic E-state index is 0.151. The lowest BCUT2D eigenvalue weighted by Gasteiger charge is -2.31. The van der Waals surface area contributed by atoms with E-state index in [0.717, 1.165) is 35.2 Å². The summed E-state index contributed by atoms with van der Waals surface area (Å²) < 4.78 is 5.97. The Labute approximate surface area is 127 Å². The van der Waals surface area contributed by atoms with Gasteiger partial charge in [-0.05, 0) is 38.6 Å². The number of ether oxygens (including phenoxy) is 1. The van der Waals surface area contributed by atoms with Crippen LogP contribution in [-0.2, 0) is 9.53 Å². The number of carbonyl (C=O) groups is 1. The van der Waals surface area contributed by atoms with Crippen LogP contribution < -0.4 is 5.32 Å². The number of methoxy groups -OCH3 is 1. The molecule has 0 saturated heterocycles. The maximum atomic E-state index is 12.3. The predicted molar refractivity (Wildman–Crippen MR) is 81.1 cm³/mol. The highest BCUT2D eigenvalue weighted by atomic mass is 32.2. The van der Waals surface area contributed by atoms with E-state index in [1.165, 1.54) is 7.11 Å². The zero-order valence-electron chi connectivity index (χ0n) is 12.1. The van der Waals surface area contributed by atoms with E-state index >= 15 is 0 Å². The fourth-order valence-corrected chi connectivity index (χ4v) is 4.33. The first kappa shape index (κ1) is 15.7. The monoisotopic (exact) mass is 315 g/mol. The molecule has 0 radical (unpaired) electrons. The van der Waals surface area contributed by atoms with Crippen molar-refractivity contribution < 1.29 is 9.53 Å². The normalized spacial score (nSPS) is 17.8. The van der Waals surface area contributed by atoms with Gasteiger partial charge in [-0.3, -0.25) is 4.79 Å². The molecule has 112 valence electrons. The Morgan fingerprint density at radius 2 is 2.30 bits per heavy atom. The molecule has 1 aromatic heterocycles. The summed E-state index contributed by atoms with van der Waals surface area (Å²) >= 11 is 3.16. The van der Waals surface area contributed by atoms with E-state index in [9.17, 15) is 4.79 Å². The highest BCUT2D eigenvalue weighted by molar-refractivity contribution is 8.01. The fraction of sp³-hybridized carbons (Fsp3) is 0.769. The second-order valence-electron chi connectivity index (χ2n) is 5.04. The van der Waals surface area contributed by atoms with Crippen molar-refractivity contribution in [3.8, 4) is 0 Å². The number of carbonyl (C=O) groups excluding carboxylic acids is 1. The number of hydrogen-bond acceptors (Lipinski definition) is 7. The van der Waals surface area contributed by atoms with Crippen LogP contribution in [0.15, 0.2) is 4.34 Å². The van der Waals surface area contributed by atoms with Crippen molar-refractivity contribution in [3.63, 3.8) is 0 Å². The van der Waals surface area contributed by atoms with E-state index in [4.69, 9.17) is 4.74 Å². The van der Waals surface area contributed by atoms with Crippen molar-refractivity contribution in [2.24, 2.45) is 5.92 Å². The molecule has 1 saturated carbocycles. The van der Waals surface area contributed by atoms with Crippen LogP contribution in [0.25, 0.3) is 0 Å². The van der Waals surface area contributed by atoms with Crippen molar-refractivity contribution >= 4 is 29.1 Å². The Kier molecular flexibility index (Phi) is 5.40. The van der Waals surface area contributed by atoms with Crippen LogP contribution in [0.3, 0.4) is 0 Å². The maximum Gasteiger partial charge on any atom is 0.327 e. The van der Waals surface area contributed by atoms with E-state index in [1.54, 1.807) is 23.1 Å². The zero-order valence-corrected chi connectivity index (χ0v) is 13.8. The van der Waals surface area contributed by atoms with Crippen LogP contribution >= 0.6 is 23.1 Å². The molecular weight excluding hydrogens is 294 g/mol. The molecule has 0 aromatic carbocycles. The van der Waals surface area contributed by atoms with Gasteiger partial charge in [0.15, 0.2) is 4.34 Å². The van der Waals surface area contributed by atoms with E-state index in [0.29, 0.717) is 11.7 Å². The Bertz CT molecular complexity index is 462. The molecule has 1 N–H and O–H groups in total. The van der Waals surface area contributed by atoms with Gasteiger partial charge in [-0.25, -0.2) is 0 Å². The van der Waals surface area contributed by atoms with Crippen LogP contribution in [0, 0.1) is 12.8 Å². The Morgan fingerprint density at radius 1 is 1.55 bits per heavy atom. The molecular formula is C13H21N3O2S2. The van der Waals surface area contributed by atoms with Crippen molar-refractivity contribution in [2.45, 2.75) is 43.0 Å². The Hall–Kier alpha value is -0.660. The SMILES string of the molecule is CCCNC(CSc1nnc(C)s1)(C(=O)OC)C1CC1. The van der Waals surface area contributed by atoms with Crippen molar-refractivity contribution in [1.82, 2.24) is 15.5 Å². The highest BCUT2D eigenvalue weighted by Crippen LogP contribution is 2.43. The summed E-state index contributed by atoms with van der Waals surface area (Å²) in [5, 5.41) is 12.5. The average molecular weight is 315 g/mol. The van der Waals surface area contributed by atoms with E-state index in [2.05, 4.69) is 22.4 Å². The van der Waals surface area contributed by atoms with Gasteiger partial charge in [-0.2, -0.15) is 0 Å². The van der Waals surface area contributed by atoms with E-state index < -0.39 is 5.54 Å². The average Bonchev–Trinajstić information content (AvgIpc) is 3.22. The van der Waals surface area contributed by atoms with Crippen LogP contribution in [0.2, 0.25) is 0 Å². The number of nitrogens with zero attached hydrogens (tertiary/aromatic N) is 2. The molecule has 0 spiro atoms. The minimum Gasteiger partial charge on any atom is -0.468 e. The van der Waals surface area contributed by atoms with Gasteiger partial charge in [0.1, 0.15) is 10.5 Å². The summed E-state index contributed by atoms with van der Waals surface area (Å²) in [6.45, 7) is 4.86. The van der Waals surface area contributed by atoms with Gasteiger partial charge in [-0.15, -0.1) is 10.2 Å². The molecule has 0 bridgehead atoms. The second kappa shape index (κ2) is 6.87. The van der Waals surface area contributed by atoms with Crippen LogP contribution in [0.4, 0.5) is 0 Å². The third-order valence-electron chi connectivity index (χ3n) is 3.45. The lowest BCUT2D eigenvalue weighted by atomic mass is 9.95. The predicted octanol–water partition coefficient (Wildman–Crippen LogP) is 2.26. The smallest absolute Gasteiger partial charge is 0.327 e. The van der Waals surface area contributed by atoms with Crippen molar-refractivity contribution in [2.75, 3.05) is 19.4 Å². The lowest BCUT2D eigenvalue weighted by molar-refractivity contribution is -0.148. The Balaban J connectivity index is 2.09. The molecule has 7 heteroatoms. The quantitative estimate of drug-likeness (QED) is 0.586. The summed E-state index contributed by atoms with van der Waals surface area (Å²) in [4.78, 5) is 12.3. The number of thioether (sulfide) groups is 1. The lowest BCUT2D eigenvalue weighted by Crippen LogP contribution is -2.57. The largest absolute Gasteiger partial charge is 0.468 e. The van der Waals surface area contributed by atoms with Crippen LogP contribution in [0.1, 0.15) is 31.2 Å². The first-order valence-electron chi connectivity index (χ1n) is 6.88. The molecule has 1 heterocycles. The molecule has 1 aliphatic carbocycles. The van der Waals surface area contributed by atoms with Crippen LogP contribution in [0.5, 0.6) is 0 Å². The van der Waals surface area contributed by atoms with Gasteiger partial charge in [0.25, 0.3) is 0 Å². The molecule has 2 rings (SSSR count). The molecule has 0 amide bonds. The number of esters is 1. The number of aryl methyl sites for hydroxylation is 1. The number of hydrogen-bond donors (Lipinski definition) is 1. The summed E-state index contributed by atoms with van der Waals surface area (Å²) in [5.74, 6) is 0.879. The maximum absolute atomic E-state index is 12.3. The third kappa shape index (κ3) is 3.51. The summed E-state index contributed by atoms with van der Waals surface area (Å²) in [6.07, 6.45) is 3.16. The molecule has 1 aliphatic rings. The Morgan fingerprint density at radius 3 is 2.80 bits per heavy atom. The van der Waals surface area contributed by atoms with Gasteiger partial charge in [0, 0.05) is 5.75 Å². The zero-order chi connectivity index (χ0) is 14.6. The molecule has 1 fully saturated rings. The molecule has 5 nitrogen and oxygen atoms in total. The van der Waals surface area contributed by atoms with Gasteiger partial charge in [0.05, 0.1) is 7.11 Å². The standard InChI is InChI=1S/C13H21N3O2S2/c1-4-7-14-13(10-5-6-10,11(17)18-3)8-19-12-16-15-9(2)20-12/h10,14H,4-8H2,1-3H3. The van der Waals surface area contributed by atoms with Crippen molar-refractivity contribution in [3.05, 3.63) is 5.01 Å². The minimum atomic E-state index is -0.574. The summed E-state index contributed by atoms with van der Waals surface area (Å²) in [7, 11) is 1.47. The van der Waals surface area contributed by atoms with Gasteiger partial charge in [0.2, 0.25) is 0 Å². The van der Waals surface area contributed by atoms with Crippen LogP contribution in [-0.4, -0.2) is 41.1 Å². The molecule has 0 aliphatic heterocycles. The van der Waals surface area contributed by atoms with E-state index in [-0.39, 0.29) is 5.97 Å². The molecule has 1 atom stereocenters. The topological polar surface area (TPSA) is 64.1 Å². The van der Waals surface area contributed by atoms with Crippen molar-refractivity contribution in [1.29, 1.82) is 0 Å². The number of nitrogens with one attached hydrogen (secondary N) is 1. The van der Waals surface area contributed by atoms with Gasteiger partial charge >= 0.3 is 5.97 Å². The first-order valence-corrected chi connectivity index (χ1v) is 8.69. The highest BCUT2D eigenvalue weighted by Gasteiger charge is 2.51. The van der Waals surface area contributed by atoms with E-state index in [1.807, 2.05) is 6.92 Å². The first-order chi connectivity index (χ1) is 9.62. The van der Waals surface area contributed by atoms with Gasteiger partial charge < -0.3 is 10.1 Å². The summed E-state index contributed by atoms with van der Waals surface area (Å²) in [5.41, 5.74) is -0.574. The fourth-order valence-electron chi connectivity index (χ4n) is 2.23. The molecule has 1 aromatic rings. The molecule has 1 unspecified atom stereocenters. The summed E-state index contributed by atoms with van der Waals surface area (Å²) in [6, 6.07) is 0.